The second-order valence-corrected chi connectivity index (χ2v) is 6.25. The van der Waals surface area contributed by atoms with Gasteiger partial charge in [0.15, 0.2) is 0 Å². The number of aryl methyl sites for hydroxylation is 1. The van der Waals surface area contributed by atoms with E-state index in [1.807, 2.05) is 0 Å². The van der Waals surface area contributed by atoms with Gasteiger partial charge >= 0.3 is 11.2 Å². The Morgan fingerprint density at radius 3 is 2.63 bits per heavy atom. The third-order valence-corrected chi connectivity index (χ3v) is 2.90. The molecule has 6 nitrogen and oxygen atoms in total. The molecule has 0 atom stereocenters. The Morgan fingerprint density at radius 1 is 1.47 bits per heavy atom. The lowest BCUT2D eigenvalue weighted by Gasteiger charge is -2.20. The lowest BCUT2D eigenvalue weighted by atomic mass is 10.1. The molecule has 1 rings (SSSR count). The number of hydrogen-bond donors (Lipinski definition) is 1. The van der Waals surface area contributed by atoms with Crippen molar-refractivity contribution in [3.8, 4) is 0 Å². The zero-order valence-corrected chi connectivity index (χ0v) is 12.9. The quantitative estimate of drug-likeness (QED) is 0.510. The van der Waals surface area contributed by atoms with Crippen molar-refractivity contribution in [3.63, 3.8) is 0 Å². The van der Waals surface area contributed by atoms with Crippen molar-refractivity contribution in [1.29, 1.82) is 0 Å². The van der Waals surface area contributed by atoms with Crippen LogP contribution in [0.5, 0.6) is 0 Å². The fourth-order valence-corrected chi connectivity index (χ4v) is 2.06. The third kappa shape index (κ3) is 5.12. The SMILES string of the molecule is CC(C)(C)NCCCn1cc(Br)cc([N+](=O)[O-])c1=O. The normalized spacial score (nSPS) is 11.6. The van der Waals surface area contributed by atoms with Crippen LogP contribution in [0.25, 0.3) is 0 Å². The van der Waals surface area contributed by atoms with Crippen molar-refractivity contribution < 1.29 is 4.92 Å². The van der Waals surface area contributed by atoms with Crippen LogP contribution in [0.3, 0.4) is 0 Å². The van der Waals surface area contributed by atoms with Crippen LogP contribution >= 0.6 is 15.9 Å². The highest BCUT2D eigenvalue weighted by Gasteiger charge is 2.15. The van der Waals surface area contributed by atoms with E-state index >= 15 is 0 Å². The van der Waals surface area contributed by atoms with Gasteiger partial charge < -0.3 is 9.88 Å². The summed E-state index contributed by atoms with van der Waals surface area (Å²) >= 11 is 3.18. The summed E-state index contributed by atoms with van der Waals surface area (Å²) < 4.78 is 1.90. The lowest BCUT2D eigenvalue weighted by Crippen LogP contribution is -2.37. The molecule has 0 spiro atoms. The summed E-state index contributed by atoms with van der Waals surface area (Å²) in [6.07, 6.45) is 2.30. The summed E-state index contributed by atoms with van der Waals surface area (Å²) in [4.78, 5) is 21.9. The van der Waals surface area contributed by atoms with Crippen molar-refractivity contribution in [2.24, 2.45) is 0 Å². The molecule has 0 aliphatic rings. The van der Waals surface area contributed by atoms with Gasteiger partial charge in [-0.05, 0) is 49.7 Å². The number of aromatic nitrogens is 1. The highest BCUT2D eigenvalue weighted by atomic mass is 79.9. The number of nitrogens with one attached hydrogen (secondary N) is 1. The zero-order valence-electron chi connectivity index (χ0n) is 11.3. The van der Waals surface area contributed by atoms with E-state index in [4.69, 9.17) is 0 Å². The van der Waals surface area contributed by atoms with Crippen molar-refractivity contribution in [1.82, 2.24) is 9.88 Å². The predicted molar refractivity (Wildman–Crippen MR) is 77.4 cm³/mol. The van der Waals surface area contributed by atoms with Crippen LogP contribution in [0.15, 0.2) is 21.5 Å². The Labute approximate surface area is 120 Å². The van der Waals surface area contributed by atoms with Gasteiger partial charge in [-0.3, -0.25) is 14.9 Å². The maximum Gasteiger partial charge on any atom is 0.335 e. The maximum atomic E-state index is 11.8. The molecule has 0 unspecified atom stereocenters. The highest BCUT2D eigenvalue weighted by molar-refractivity contribution is 9.10. The summed E-state index contributed by atoms with van der Waals surface area (Å²) in [5.74, 6) is 0. The lowest BCUT2D eigenvalue weighted by molar-refractivity contribution is -0.386. The Hall–Kier alpha value is -1.21. The fourth-order valence-electron chi connectivity index (χ4n) is 1.59. The van der Waals surface area contributed by atoms with Crippen molar-refractivity contribution in [3.05, 3.63) is 37.2 Å². The summed E-state index contributed by atoms with van der Waals surface area (Å²) in [5.41, 5.74) is -0.948. The predicted octanol–water partition coefficient (Wildman–Crippen LogP) is 2.30. The monoisotopic (exact) mass is 331 g/mol. The second kappa shape index (κ2) is 6.29. The van der Waals surface area contributed by atoms with Crippen LogP contribution in [0.1, 0.15) is 27.2 Å². The van der Waals surface area contributed by atoms with E-state index < -0.39 is 16.2 Å². The molecule has 0 saturated heterocycles. The number of rotatable bonds is 5. The molecule has 0 aromatic carbocycles. The summed E-state index contributed by atoms with van der Waals surface area (Å²) in [6, 6.07) is 1.23. The average Bonchev–Trinajstić information content (AvgIpc) is 2.26. The van der Waals surface area contributed by atoms with Crippen LogP contribution in [0.4, 0.5) is 5.69 Å². The minimum Gasteiger partial charge on any atom is -0.312 e. The summed E-state index contributed by atoms with van der Waals surface area (Å²) in [5, 5.41) is 14.0. The molecule has 19 heavy (non-hydrogen) atoms. The molecule has 0 aliphatic carbocycles. The van der Waals surface area contributed by atoms with E-state index in [9.17, 15) is 14.9 Å². The van der Waals surface area contributed by atoms with E-state index in [-0.39, 0.29) is 5.54 Å². The Balaban J connectivity index is 2.74. The molecule has 0 aliphatic heterocycles. The summed E-state index contributed by atoms with van der Waals surface area (Å²) in [7, 11) is 0. The molecule has 0 bridgehead atoms. The molecule has 1 heterocycles. The third-order valence-electron chi connectivity index (χ3n) is 2.46. The maximum absolute atomic E-state index is 11.8. The van der Waals surface area contributed by atoms with Gasteiger partial charge in [0.05, 0.1) is 4.92 Å². The standard InChI is InChI=1S/C12H18BrN3O3/c1-12(2,3)14-5-4-6-15-8-9(13)7-10(11(15)17)16(18)19/h7-8,14H,4-6H2,1-3H3. The molecular weight excluding hydrogens is 314 g/mol. The molecule has 7 heteroatoms. The molecule has 0 saturated carbocycles. The van der Waals surface area contributed by atoms with E-state index in [0.717, 1.165) is 13.0 Å². The number of halogens is 1. The Bertz CT molecular complexity index is 520. The zero-order chi connectivity index (χ0) is 14.6. The minimum atomic E-state index is -0.656. The van der Waals surface area contributed by atoms with Crippen molar-refractivity contribution >= 4 is 21.6 Å². The largest absolute Gasteiger partial charge is 0.335 e. The molecule has 1 N–H and O–H groups in total. The smallest absolute Gasteiger partial charge is 0.312 e. The van der Waals surface area contributed by atoms with Gasteiger partial charge in [0.25, 0.3) is 0 Å². The second-order valence-electron chi connectivity index (χ2n) is 5.33. The molecule has 0 radical (unpaired) electrons. The van der Waals surface area contributed by atoms with E-state index in [1.54, 1.807) is 6.20 Å². The van der Waals surface area contributed by atoms with E-state index in [2.05, 4.69) is 42.0 Å². The minimum absolute atomic E-state index is 0.0221. The molecule has 0 amide bonds. The van der Waals surface area contributed by atoms with Gasteiger partial charge in [0.2, 0.25) is 0 Å². The molecule has 106 valence electrons. The number of pyridine rings is 1. The van der Waals surface area contributed by atoms with Crippen LogP contribution in [0, 0.1) is 10.1 Å². The molecular formula is C12H18BrN3O3. The number of nitrogens with zero attached hydrogens (tertiary/aromatic N) is 2. The fraction of sp³-hybridized carbons (Fsp3) is 0.583. The van der Waals surface area contributed by atoms with Gasteiger partial charge in [-0.25, -0.2) is 0 Å². The van der Waals surface area contributed by atoms with E-state index in [1.165, 1.54) is 10.6 Å². The van der Waals surface area contributed by atoms with Crippen LogP contribution < -0.4 is 10.9 Å². The number of hydrogen-bond acceptors (Lipinski definition) is 4. The summed E-state index contributed by atoms with van der Waals surface area (Å²) in [6.45, 7) is 7.37. The number of nitro groups is 1. The topological polar surface area (TPSA) is 77.2 Å². The van der Waals surface area contributed by atoms with Gasteiger partial charge in [0.1, 0.15) is 0 Å². The first-order chi connectivity index (χ1) is 8.70. The van der Waals surface area contributed by atoms with Crippen LogP contribution in [-0.2, 0) is 6.54 Å². The van der Waals surface area contributed by atoms with Crippen LogP contribution in [-0.4, -0.2) is 21.6 Å². The first kappa shape index (κ1) is 15.8. The first-order valence-electron chi connectivity index (χ1n) is 6.00. The Kier molecular flexibility index (Phi) is 5.25. The van der Waals surface area contributed by atoms with Gasteiger partial charge in [-0.15, -0.1) is 0 Å². The van der Waals surface area contributed by atoms with Crippen LogP contribution in [0.2, 0.25) is 0 Å². The highest BCUT2D eigenvalue weighted by Crippen LogP contribution is 2.13. The Morgan fingerprint density at radius 2 is 2.11 bits per heavy atom. The van der Waals surface area contributed by atoms with Gasteiger partial charge in [0, 0.05) is 28.8 Å². The molecule has 1 aromatic heterocycles. The first-order valence-corrected chi connectivity index (χ1v) is 6.79. The van der Waals surface area contributed by atoms with E-state index in [0.29, 0.717) is 11.0 Å². The molecule has 1 aromatic rings. The van der Waals surface area contributed by atoms with Crippen molar-refractivity contribution in [2.45, 2.75) is 39.3 Å². The van der Waals surface area contributed by atoms with Crippen molar-refractivity contribution in [2.75, 3.05) is 6.54 Å². The van der Waals surface area contributed by atoms with Gasteiger partial charge in [-0.2, -0.15) is 0 Å². The van der Waals surface area contributed by atoms with Gasteiger partial charge in [-0.1, -0.05) is 0 Å². The molecule has 0 fully saturated rings. The average molecular weight is 332 g/mol.